The van der Waals surface area contributed by atoms with E-state index in [1.165, 1.54) is 0 Å². The van der Waals surface area contributed by atoms with Crippen LogP contribution in [-0.2, 0) is 16.3 Å². The Morgan fingerprint density at radius 3 is 2.39 bits per heavy atom. The molecule has 0 bridgehead atoms. The van der Waals surface area contributed by atoms with Crippen molar-refractivity contribution in [3.05, 3.63) is 54.0 Å². The standard InChI is InChI=1S/C17H21N3O2S/c1-13-11-20(12-14(2)23(13,21)22)17-8-9-18-16(19-17)10-15-6-4-3-5-7-15/h3-9,13-14H,10-12H2,1-2H3. The fraction of sp³-hybridized carbons (Fsp3) is 0.412. The van der Waals surface area contributed by atoms with Gasteiger partial charge in [-0.25, -0.2) is 18.4 Å². The molecular formula is C17H21N3O2S. The van der Waals surface area contributed by atoms with Crippen LogP contribution in [-0.4, -0.2) is 42.0 Å². The predicted molar refractivity (Wildman–Crippen MR) is 91.3 cm³/mol. The van der Waals surface area contributed by atoms with Gasteiger partial charge in [-0.2, -0.15) is 0 Å². The molecule has 0 amide bonds. The van der Waals surface area contributed by atoms with Gasteiger partial charge >= 0.3 is 0 Å². The molecule has 2 unspecified atom stereocenters. The number of hydrogen-bond donors (Lipinski definition) is 0. The van der Waals surface area contributed by atoms with Crippen molar-refractivity contribution in [1.82, 2.24) is 9.97 Å². The van der Waals surface area contributed by atoms with Crippen LogP contribution in [0, 0.1) is 0 Å². The monoisotopic (exact) mass is 331 g/mol. The van der Waals surface area contributed by atoms with Crippen molar-refractivity contribution in [1.29, 1.82) is 0 Å². The highest BCUT2D eigenvalue weighted by atomic mass is 32.2. The van der Waals surface area contributed by atoms with Crippen molar-refractivity contribution < 1.29 is 8.42 Å². The van der Waals surface area contributed by atoms with Gasteiger partial charge in [-0.1, -0.05) is 30.3 Å². The van der Waals surface area contributed by atoms with Crippen LogP contribution in [0.2, 0.25) is 0 Å². The van der Waals surface area contributed by atoms with Gasteiger partial charge in [-0.05, 0) is 25.5 Å². The minimum absolute atomic E-state index is 0.376. The molecule has 1 fully saturated rings. The van der Waals surface area contributed by atoms with E-state index in [1.807, 2.05) is 41.3 Å². The van der Waals surface area contributed by atoms with E-state index in [0.717, 1.165) is 17.2 Å². The quantitative estimate of drug-likeness (QED) is 0.862. The third kappa shape index (κ3) is 3.37. The van der Waals surface area contributed by atoms with Crippen molar-refractivity contribution in [3.63, 3.8) is 0 Å². The Morgan fingerprint density at radius 2 is 1.74 bits per heavy atom. The molecule has 1 aromatic carbocycles. The van der Waals surface area contributed by atoms with E-state index >= 15 is 0 Å². The molecule has 2 aromatic rings. The number of anilines is 1. The maximum absolute atomic E-state index is 12.1. The topological polar surface area (TPSA) is 63.2 Å². The van der Waals surface area contributed by atoms with Crippen LogP contribution < -0.4 is 4.90 Å². The summed E-state index contributed by atoms with van der Waals surface area (Å²) in [6.45, 7) is 4.50. The molecule has 0 N–H and O–H groups in total. The Morgan fingerprint density at radius 1 is 1.09 bits per heavy atom. The molecule has 0 aliphatic carbocycles. The Kier molecular flexibility index (Phi) is 4.35. The van der Waals surface area contributed by atoms with Gasteiger partial charge in [0.15, 0.2) is 9.84 Å². The molecular weight excluding hydrogens is 310 g/mol. The zero-order valence-electron chi connectivity index (χ0n) is 13.4. The van der Waals surface area contributed by atoms with Crippen molar-refractivity contribution >= 4 is 15.7 Å². The number of benzene rings is 1. The van der Waals surface area contributed by atoms with Crippen LogP contribution in [0.4, 0.5) is 5.82 Å². The fourth-order valence-corrected chi connectivity index (χ4v) is 4.48. The third-order valence-corrected chi connectivity index (χ3v) is 6.84. The second-order valence-corrected chi connectivity index (χ2v) is 8.90. The first kappa shape index (κ1) is 15.9. The van der Waals surface area contributed by atoms with Crippen LogP contribution in [0.1, 0.15) is 25.2 Å². The lowest BCUT2D eigenvalue weighted by Gasteiger charge is -2.35. The van der Waals surface area contributed by atoms with E-state index in [1.54, 1.807) is 20.0 Å². The number of sulfone groups is 1. The summed E-state index contributed by atoms with van der Waals surface area (Å²) in [5, 5.41) is -0.752. The van der Waals surface area contributed by atoms with Gasteiger partial charge in [0.25, 0.3) is 0 Å². The first-order valence-corrected chi connectivity index (χ1v) is 9.41. The molecule has 1 aliphatic heterocycles. The number of rotatable bonds is 3. The minimum Gasteiger partial charge on any atom is -0.354 e. The number of nitrogens with zero attached hydrogens (tertiary/aromatic N) is 3. The van der Waals surface area contributed by atoms with Crippen LogP contribution >= 0.6 is 0 Å². The van der Waals surface area contributed by atoms with E-state index < -0.39 is 9.84 Å². The number of aromatic nitrogens is 2. The van der Waals surface area contributed by atoms with Crippen LogP contribution in [0.5, 0.6) is 0 Å². The summed E-state index contributed by atoms with van der Waals surface area (Å²) in [5.74, 6) is 1.56. The smallest absolute Gasteiger partial charge is 0.158 e. The van der Waals surface area contributed by atoms with Crippen LogP contribution in [0.15, 0.2) is 42.6 Å². The summed E-state index contributed by atoms with van der Waals surface area (Å²) >= 11 is 0. The van der Waals surface area contributed by atoms with Crippen molar-refractivity contribution in [2.45, 2.75) is 30.8 Å². The third-order valence-electron chi connectivity index (χ3n) is 4.30. The molecule has 1 aliphatic rings. The number of hydrogen-bond acceptors (Lipinski definition) is 5. The lowest BCUT2D eigenvalue weighted by molar-refractivity contribution is 0.548. The average molecular weight is 331 g/mol. The summed E-state index contributed by atoms with van der Waals surface area (Å²) in [4.78, 5) is 11.0. The van der Waals surface area contributed by atoms with Gasteiger partial charge in [-0.3, -0.25) is 0 Å². The van der Waals surface area contributed by atoms with E-state index in [2.05, 4.69) is 9.97 Å². The Hall–Kier alpha value is -1.95. The Balaban J connectivity index is 1.80. The summed E-state index contributed by atoms with van der Waals surface area (Å²) in [6.07, 6.45) is 2.42. The largest absolute Gasteiger partial charge is 0.354 e. The molecule has 3 rings (SSSR count). The summed E-state index contributed by atoms with van der Waals surface area (Å²) in [5.41, 5.74) is 1.16. The van der Waals surface area contributed by atoms with E-state index in [0.29, 0.717) is 19.5 Å². The van der Waals surface area contributed by atoms with Gasteiger partial charge in [0, 0.05) is 25.7 Å². The lowest BCUT2D eigenvalue weighted by atomic mass is 10.1. The van der Waals surface area contributed by atoms with Crippen LogP contribution in [0.3, 0.4) is 0 Å². The maximum atomic E-state index is 12.1. The molecule has 1 saturated heterocycles. The zero-order chi connectivity index (χ0) is 16.4. The normalized spacial score (nSPS) is 23.7. The molecule has 23 heavy (non-hydrogen) atoms. The Bertz CT molecular complexity index is 759. The molecule has 2 heterocycles. The highest BCUT2D eigenvalue weighted by Gasteiger charge is 2.36. The zero-order valence-corrected chi connectivity index (χ0v) is 14.2. The van der Waals surface area contributed by atoms with Crippen LogP contribution in [0.25, 0.3) is 0 Å². The van der Waals surface area contributed by atoms with Gasteiger partial charge in [-0.15, -0.1) is 0 Å². The van der Waals surface area contributed by atoms with Gasteiger partial charge in [0.05, 0.1) is 10.5 Å². The van der Waals surface area contributed by atoms with Gasteiger partial charge in [0.2, 0.25) is 0 Å². The molecule has 5 nitrogen and oxygen atoms in total. The molecule has 0 spiro atoms. The van der Waals surface area contributed by atoms with Gasteiger partial charge in [0.1, 0.15) is 11.6 Å². The first-order chi connectivity index (χ1) is 11.0. The van der Waals surface area contributed by atoms with Crippen molar-refractivity contribution in [2.24, 2.45) is 0 Å². The van der Waals surface area contributed by atoms with E-state index in [9.17, 15) is 8.42 Å². The highest BCUT2D eigenvalue weighted by Crippen LogP contribution is 2.23. The summed E-state index contributed by atoms with van der Waals surface area (Å²) in [7, 11) is -3.02. The second-order valence-electron chi connectivity index (χ2n) is 6.11. The molecule has 0 saturated carbocycles. The van der Waals surface area contributed by atoms with E-state index in [-0.39, 0.29) is 10.5 Å². The lowest BCUT2D eigenvalue weighted by Crippen LogP contribution is -2.50. The Labute approximate surface area is 137 Å². The minimum atomic E-state index is -3.02. The van der Waals surface area contributed by atoms with Crippen molar-refractivity contribution in [2.75, 3.05) is 18.0 Å². The summed E-state index contributed by atoms with van der Waals surface area (Å²) in [6, 6.07) is 11.9. The molecule has 6 heteroatoms. The predicted octanol–water partition coefficient (Wildman–Crippen LogP) is 2.08. The SMILES string of the molecule is CC1CN(c2ccnc(Cc3ccccc3)n2)CC(C)S1(=O)=O. The maximum Gasteiger partial charge on any atom is 0.158 e. The molecule has 122 valence electrons. The molecule has 0 radical (unpaired) electrons. The van der Waals surface area contributed by atoms with Gasteiger partial charge < -0.3 is 4.90 Å². The molecule has 1 aromatic heterocycles. The highest BCUT2D eigenvalue weighted by molar-refractivity contribution is 7.92. The second kappa shape index (κ2) is 6.28. The average Bonchev–Trinajstić information content (AvgIpc) is 2.54. The first-order valence-electron chi connectivity index (χ1n) is 7.80. The van der Waals surface area contributed by atoms with E-state index in [4.69, 9.17) is 0 Å². The van der Waals surface area contributed by atoms with Crippen molar-refractivity contribution in [3.8, 4) is 0 Å². The summed E-state index contributed by atoms with van der Waals surface area (Å²) < 4.78 is 24.3. The fourth-order valence-electron chi connectivity index (χ4n) is 2.91. The molecule has 2 atom stereocenters.